The zero-order chi connectivity index (χ0) is 13.8. The molecule has 0 saturated heterocycles. The number of ether oxygens (including phenoxy) is 2. The maximum Gasteiger partial charge on any atom is 0.149 e. The van der Waals surface area contributed by atoms with E-state index in [1.807, 2.05) is 31.2 Å². The highest BCUT2D eigenvalue weighted by Gasteiger charge is 2.08. The Bertz CT molecular complexity index is 608. The van der Waals surface area contributed by atoms with Crippen molar-refractivity contribution in [3.63, 3.8) is 0 Å². The molecule has 0 fully saturated rings. The van der Waals surface area contributed by atoms with Crippen LogP contribution in [-0.2, 0) is 0 Å². The molecule has 0 aromatic heterocycles. The Morgan fingerprint density at radius 3 is 2.05 bits per heavy atom. The monoisotopic (exact) mass is 257 g/mol. The first-order valence-corrected chi connectivity index (χ1v) is 5.86. The van der Waals surface area contributed by atoms with Gasteiger partial charge in [-0.25, -0.2) is 0 Å². The first-order chi connectivity index (χ1) is 9.19. The van der Waals surface area contributed by atoms with E-state index >= 15 is 0 Å². The maximum atomic E-state index is 10.6. The van der Waals surface area contributed by atoms with E-state index in [2.05, 4.69) is 5.18 Å². The number of nitrogens with zero attached hydrogens (tertiary/aromatic N) is 1. The molecule has 0 aliphatic heterocycles. The van der Waals surface area contributed by atoms with Gasteiger partial charge >= 0.3 is 0 Å². The van der Waals surface area contributed by atoms with Crippen LogP contribution in [-0.4, -0.2) is 14.2 Å². The van der Waals surface area contributed by atoms with Crippen molar-refractivity contribution in [1.82, 2.24) is 0 Å². The summed E-state index contributed by atoms with van der Waals surface area (Å²) in [5, 5.41) is 2.92. The van der Waals surface area contributed by atoms with Crippen LogP contribution in [0.5, 0.6) is 11.5 Å². The van der Waals surface area contributed by atoms with Gasteiger partial charge < -0.3 is 9.47 Å². The molecule has 0 heterocycles. The van der Waals surface area contributed by atoms with Gasteiger partial charge in [-0.1, -0.05) is 18.2 Å². The summed E-state index contributed by atoms with van der Waals surface area (Å²) in [6.07, 6.45) is 0. The van der Waals surface area contributed by atoms with E-state index in [1.165, 1.54) is 7.11 Å². The quantitative estimate of drug-likeness (QED) is 0.775. The zero-order valence-electron chi connectivity index (χ0n) is 11.1. The topological polar surface area (TPSA) is 47.9 Å². The molecule has 0 radical (unpaired) electrons. The lowest BCUT2D eigenvalue weighted by molar-refractivity contribution is 0.412. The van der Waals surface area contributed by atoms with E-state index in [4.69, 9.17) is 9.47 Å². The molecule has 2 aromatic carbocycles. The van der Waals surface area contributed by atoms with E-state index in [0.717, 1.165) is 22.4 Å². The second-order valence-corrected chi connectivity index (χ2v) is 4.16. The smallest absolute Gasteiger partial charge is 0.149 e. The molecule has 0 bridgehead atoms. The summed E-state index contributed by atoms with van der Waals surface area (Å²) in [6, 6.07) is 11.2. The Morgan fingerprint density at radius 1 is 0.895 bits per heavy atom. The predicted octanol–water partition coefficient (Wildman–Crippen LogP) is 4.08. The molecule has 2 rings (SSSR count). The summed E-state index contributed by atoms with van der Waals surface area (Å²) in [6.45, 7) is 1.99. The van der Waals surface area contributed by atoms with Crippen molar-refractivity contribution < 1.29 is 9.47 Å². The third kappa shape index (κ3) is 2.57. The Labute approximate surface area is 112 Å². The second kappa shape index (κ2) is 5.52. The predicted molar refractivity (Wildman–Crippen MR) is 75.2 cm³/mol. The molecule has 0 atom stereocenters. The van der Waals surface area contributed by atoms with Crippen LogP contribution in [0.25, 0.3) is 11.1 Å². The highest BCUT2D eigenvalue weighted by atomic mass is 16.5. The van der Waals surface area contributed by atoms with Crippen LogP contribution in [0.3, 0.4) is 0 Å². The lowest BCUT2D eigenvalue weighted by atomic mass is 10.0. The summed E-state index contributed by atoms with van der Waals surface area (Å²) in [7, 11) is 3.16. The van der Waals surface area contributed by atoms with Crippen molar-refractivity contribution in [1.29, 1.82) is 0 Å². The molecule has 98 valence electrons. The Kier molecular flexibility index (Phi) is 3.80. The summed E-state index contributed by atoms with van der Waals surface area (Å²) < 4.78 is 10.5. The number of hydrogen-bond acceptors (Lipinski definition) is 4. The molecule has 0 N–H and O–H groups in total. The summed E-state index contributed by atoms with van der Waals surface area (Å²) in [5.41, 5.74) is 3.32. The molecule has 4 heteroatoms. The first-order valence-electron chi connectivity index (χ1n) is 5.86. The number of benzene rings is 2. The van der Waals surface area contributed by atoms with Gasteiger partial charge in [-0.15, -0.1) is 4.91 Å². The Hall–Kier alpha value is -2.36. The van der Waals surface area contributed by atoms with E-state index in [0.29, 0.717) is 11.4 Å². The Morgan fingerprint density at radius 2 is 1.47 bits per heavy atom. The zero-order valence-corrected chi connectivity index (χ0v) is 11.1. The lowest BCUT2D eigenvalue weighted by Gasteiger charge is -2.09. The Balaban J connectivity index is 2.49. The molecular formula is C15H15NO3. The summed E-state index contributed by atoms with van der Waals surface area (Å²) in [4.78, 5) is 10.6. The SMILES string of the molecule is COc1cc(-c2ccc(N=O)c(OC)c2)ccc1C. The highest BCUT2D eigenvalue weighted by molar-refractivity contribution is 5.71. The van der Waals surface area contributed by atoms with Gasteiger partial charge in [0.05, 0.1) is 14.2 Å². The van der Waals surface area contributed by atoms with Gasteiger partial charge in [-0.2, -0.15) is 0 Å². The average Bonchev–Trinajstić information content (AvgIpc) is 2.47. The molecule has 19 heavy (non-hydrogen) atoms. The molecule has 2 aromatic rings. The van der Waals surface area contributed by atoms with E-state index in [1.54, 1.807) is 19.2 Å². The maximum absolute atomic E-state index is 10.6. The van der Waals surface area contributed by atoms with Gasteiger partial charge in [0.25, 0.3) is 0 Å². The van der Waals surface area contributed by atoms with E-state index < -0.39 is 0 Å². The minimum atomic E-state index is 0.297. The molecule has 0 saturated carbocycles. The molecule has 0 aliphatic rings. The van der Waals surface area contributed by atoms with Crippen molar-refractivity contribution in [3.05, 3.63) is 46.9 Å². The molecule has 0 spiro atoms. The van der Waals surface area contributed by atoms with Crippen molar-refractivity contribution in [2.24, 2.45) is 5.18 Å². The van der Waals surface area contributed by atoms with Crippen LogP contribution >= 0.6 is 0 Å². The number of nitroso groups, excluding NO2 is 1. The standard InChI is InChI=1S/C15H15NO3/c1-10-4-5-11(8-14(10)18-2)12-6-7-13(16-17)15(9-12)19-3/h4-9H,1-3H3. The molecule has 0 aliphatic carbocycles. The van der Waals surface area contributed by atoms with E-state index in [-0.39, 0.29) is 0 Å². The summed E-state index contributed by atoms with van der Waals surface area (Å²) in [5.74, 6) is 1.29. The van der Waals surface area contributed by atoms with Crippen molar-refractivity contribution in [3.8, 4) is 22.6 Å². The van der Waals surface area contributed by atoms with Crippen LogP contribution in [0.15, 0.2) is 41.6 Å². The van der Waals surface area contributed by atoms with Gasteiger partial charge in [-0.05, 0) is 47.0 Å². The van der Waals surface area contributed by atoms with Crippen molar-refractivity contribution in [2.75, 3.05) is 14.2 Å². The van der Waals surface area contributed by atoms with Crippen LogP contribution in [0.4, 0.5) is 5.69 Å². The van der Waals surface area contributed by atoms with Gasteiger partial charge in [0.2, 0.25) is 0 Å². The normalized spacial score (nSPS) is 10.1. The lowest BCUT2D eigenvalue weighted by Crippen LogP contribution is -1.89. The fourth-order valence-corrected chi connectivity index (χ4v) is 1.93. The van der Waals surface area contributed by atoms with Gasteiger partial charge in [0, 0.05) is 0 Å². The van der Waals surface area contributed by atoms with Crippen LogP contribution in [0.2, 0.25) is 0 Å². The number of hydrogen-bond donors (Lipinski definition) is 0. The van der Waals surface area contributed by atoms with Gasteiger partial charge in [-0.3, -0.25) is 0 Å². The van der Waals surface area contributed by atoms with Gasteiger partial charge in [0.1, 0.15) is 17.2 Å². The third-order valence-corrected chi connectivity index (χ3v) is 3.02. The summed E-state index contributed by atoms with van der Waals surface area (Å²) >= 11 is 0. The molecular weight excluding hydrogens is 242 g/mol. The van der Waals surface area contributed by atoms with Crippen molar-refractivity contribution in [2.45, 2.75) is 6.92 Å². The minimum Gasteiger partial charge on any atom is -0.496 e. The molecule has 0 amide bonds. The second-order valence-electron chi connectivity index (χ2n) is 4.16. The average molecular weight is 257 g/mol. The fraction of sp³-hybridized carbons (Fsp3) is 0.200. The van der Waals surface area contributed by atoms with E-state index in [9.17, 15) is 4.91 Å². The largest absolute Gasteiger partial charge is 0.496 e. The third-order valence-electron chi connectivity index (χ3n) is 3.02. The van der Waals surface area contributed by atoms with Crippen LogP contribution in [0, 0.1) is 11.8 Å². The number of methoxy groups -OCH3 is 2. The van der Waals surface area contributed by atoms with Crippen molar-refractivity contribution >= 4 is 5.69 Å². The van der Waals surface area contributed by atoms with Gasteiger partial charge in [0.15, 0.2) is 0 Å². The van der Waals surface area contributed by atoms with Crippen LogP contribution in [0.1, 0.15) is 5.56 Å². The molecule has 0 unspecified atom stereocenters. The molecule has 4 nitrogen and oxygen atoms in total. The highest BCUT2D eigenvalue weighted by Crippen LogP contribution is 2.34. The fourth-order valence-electron chi connectivity index (χ4n) is 1.93. The first kappa shape index (κ1) is 13.1. The number of rotatable bonds is 4. The number of aryl methyl sites for hydroxylation is 1. The van der Waals surface area contributed by atoms with Crippen LogP contribution < -0.4 is 9.47 Å². The minimum absolute atomic E-state index is 0.297.